The van der Waals surface area contributed by atoms with Gasteiger partial charge in [-0.15, -0.1) is 0 Å². The van der Waals surface area contributed by atoms with Gasteiger partial charge in [-0.1, -0.05) is 0 Å². The van der Waals surface area contributed by atoms with Crippen LogP contribution in [0.4, 0.5) is 0 Å². The summed E-state index contributed by atoms with van der Waals surface area (Å²) in [7, 11) is -3.33. The van der Waals surface area contributed by atoms with Crippen molar-refractivity contribution in [2.75, 3.05) is 5.75 Å². The molecule has 0 spiro atoms. The third-order valence-corrected chi connectivity index (χ3v) is 3.59. The van der Waals surface area contributed by atoms with Crippen LogP contribution in [-0.2, 0) is 10.0 Å². The normalized spacial score (nSPS) is 21.5. The van der Waals surface area contributed by atoms with Crippen molar-refractivity contribution in [3.8, 4) is 0 Å². The highest BCUT2D eigenvalue weighted by molar-refractivity contribution is 7.89. The molecule has 0 amide bonds. The lowest BCUT2D eigenvalue weighted by Gasteiger charge is -2.21. The van der Waals surface area contributed by atoms with Gasteiger partial charge in [0.25, 0.3) is 0 Å². The average molecular weight is 207 g/mol. The van der Waals surface area contributed by atoms with Crippen LogP contribution in [0.1, 0.15) is 33.6 Å². The monoisotopic (exact) mass is 207 g/mol. The van der Waals surface area contributed by atoms with Gasteiger partial charge in [-0.25, -0.2) is 13.1 Å². The highest BCUT2D eigenvalue weighted by atomic mass is 32.2. The second kappa shape index (κ2) is 2.93. The van der Waals surface area contributed by atoms with Crippen LogP contribution in [0.25, 0.3) is 0 Å². The predicted molar refractivity (Wildman–Crippen MR) is 50.9 cm³/mol. The maximum absolute atomic E-state index is 11.4. The van der Waals surface area contributed by atoms with Crippen LogP contribution in [-0.4, -0.2) is 30.4 Å². The first kappa shape index (κ1) is 10.9. The molecule has 0 radical (unpaired) electrons. The Labute approximate surface area is 79.4 Å². The number of sulfonamides is 1. The van der Waals surface area contributed by atoms with Gasteiger partial charge in [-0.2, -0.15) is 0 Å². The Kier molecular flexibility index (Phi) is 2.47. The molecule has 0 aliphatic heterocycles. The fraction of sp³-hybridized carbons (Fsp3) is 1.00. The van der Waals surface area contributed by atoms with Crippen molar-refractivity contribution >= 4 is 10.0 Å². The van der Waals surface area contributed by atoms with E-state index in [0.717, 1.165) is 0 Å². The summed E-state index contributed by atoms with van der Waals surface area (Å²) in [5, 5.41) is 9.44. The SMILES string of the molecule is CC(C)(C)NS(=O)(=O)CC1(O)CC1. The number of aliphatic hydroxyl groups is 1. The van der Waals surface area contributed by atoms with Crippen molar-refractivity contribution in [2.24, 2.45) is 0 Å². The number of nitrogens with one attached hydrogen (secondary N) is 1. The largest absolute Gasteiger partial charge is 0.389 e. The Morgan fingerprint density at radius 1 is 1.38 bits per heavy atom. The Bertz CT molecular complexity index is 272. The van der Waals surface area contributed by atoms with Crippen molar-refractivity contribution in [3.63, 3.8) is 0 Å². The minimum Gasteiger partial charge on any atom is -0.389 e. The molecule has 0 aromatic carbocycles. The fourth-order valence-corrected chi connectivity index (χ4v) is 3.15. The lowest BCUT2D eigenvalue weighted by molar-refractivity contribution is 0.174. The standard InChI is InChI=1S/C8H17NO3S/c1-7(2,3)9-13(11,12)6-8(10)4-5-8/h9-10H,4-6H2,1-3H3. The molecule has 0 aromatic rings. The summed E-state index contributed by atoms with van der Waals surface area (Å²) >= 11 is 0. The van der Waals surface area contributed by atoms with Gasteiger partial charge in [0.05, 0.1) is 11.4 Å². The zero-order valence-electron chi connectivity index (χ0n) is 8.29. The Hall–Kier alpha value is -0.130. The average Bonchev–Trinajstić information content (AvgIpc) is 2.36. The molecule has 0 bridgehead atoms. The highest BCUT2D eigenvalue weighted by Gasteiger charge is 2.44. The first-order chi connectivity index (χ1) is 5.62. The Balaban J connectivity index is 2.57. The number of hydrogen-bond donors (Lipinski definition) is 2. The van der Waals surface area contributed by atoms with E-state index in [4.69, 9.17) is 0 Å². The highest BCUT2D eigenvalue weighted by Crippen LogP contribution is 2.36. The fourth-order valence-electron chi connectivity index (χ4n) is 1.14. The quantitative estimate of drug-likeness (QED) is 0.696. The first-order valence-electron chi connectivity index (χ1n) is 4.36. The molecule has 1 aliphatic rings. The van der Waals surface area contributed by atoms with E-state index in [9.17, 15) is 13.5 Å². The minimum absolute atomic E-state index is 0.169. The predicted octanol–water partition coefficient (Wildman–Crippen LogP) is 0.229. The summed E-state index contributed by atoms with van der Waals surface area (Å²) in [6.45, 7) is 5.34. The van der Waals surface area contributed by atoms with Crippen LogP contribution >= 0.6 is 0 Å². The molecule has 5 heteroatoms. The molecule has 78 valence electrons. The molecule has 0 unspecified atom stereocenters. The summed E-state index contributed by atoms with van der Waals surface area (Å²) in [6.07, 6.45) is 1.19. The summed E-state index contributed by atoms with van der Waals surface area (Å²) in [5.74, 6) is -0.169. The van der Waals surface area contributed by atoms with Crippen molar-refractivity contribution < 1.29 is 13.5 Å². The summed E-state index contributed by atoms with van der Waals surface area (Å²) in [5.41, 5.74) is -1.42. The van der Waals surface area contributed by atoms with Crippen LogP contribution in [0.2, 0.25) is 0 Å². The summed E-state index contributed by atoms with van der Waals surface area (Å²) < 4.78 is 25.4. The van der Waals surface area contributed by atoms with Gasteiger partial charge in [-0.3, -0.25) is 0 Å². The van der Waals surface area contributed by atoms with E-state index in [2.05, 4.69) is 4.72 Å². The minimum atomic E-state index is -3.33. The topological polar surface area (TPSA) is 66.4 Å². The summed E-state index contributed by atoms with van der Waals surface area (Å²) in [4.78, 5) is 0. The molecule has 2 N–H and O–H groups in total. The van der Waals surface area contributed by atoms with Crippen molar-refractivity contribution in [1.29, 1.82) is 0 Å². The lowest BCUT2D eigenvalue weighted by Crippen LogP contribution is -2.44. The van der Waals surface area contributed by atoms with E-state index in [-0.39, 0.29) is 5.75 Å². The maximum atomic E-state index is 11.4. The van der Waals surface area contributed by atoms with E-state index in [0.29, 0.717) is 12.8 Å². The maximum Gasteiger partial charge on any atom is 0.214 e. The second-order valence-electron chi connectivity index (χ2n) is 4.84. The van der Waals surface area contributed by atoms with Gasteiger partial charge in [0, 0.05) is 5.54 Å². The van der Waals surface area contributed by atoms with E-state index in [1.165, 1.54) is 0 Å². The summed E-state index contributed by atoms with van der Waals surface area (Å²) in [6, 6.07) is 0. The molecular formula is C8H17NO3S. The van der Waals surface area contributed by atoms with Crippen LogP contribution in [0.3, 0.4) is 0 Å². The zero-order chi connectivity index (χ0) is 10.3. The zero-order valence-corrected chi connectivity index (χ0v) is 9.11. The second-order valence-corrected chi connectivity index (χ2v) is 6.56. The first-order valence-corrected chi connectivity index (χ1v) is 6.01. The van der Waals surface area contributed by atoms with E-state index in [1.807, 2.05) is 0 Å². The Morgan fingerprint density at radius 3 is 2.15 bits per heavy atom. The lowest BCUT2D eigenvalue weighted by atomic mass is 10.1. The number of hydrogen-bond acceptors (Lipinski definition) is 3. The third kappa shape index (κ3) is 4.06. The molecule has 4 nitrogen and oxygen atoms in total. The molecular weight excluding hydrogens is 190 g/mol. The molecule has 0 atom stereocenters. The molecule has 1 fully saturated rings. The molecule has 1 aliphatic carbocycles. The molecule has 1 rings (SSSR count). The van der Waals surface area contributed by atoms with Crippen LogP contribution < -0.4 is 4.72 Å². The molecule has 0 heterocycles. The molecule has 0 saturated heterocycles. The Morgan fingerprint density at radius 2 is 1.85 bits per heavy atom. The van der Waals surface area contributed by atoms with Gasteiger partial charge in [0.15, 0.2) is 0 Å². The molecule has 13 heavy (non-hydrogen) atoms. The smallest absolute Gasteiger partial charge is 0.214 e. The van der Waals surface area contributed by atoms with Gasteiger partial charge in [-0.05, 0) is 33.6 Å². The van der Waals surface area contributed by atoms with Crippen LogP contribution in [0.5, 0.6) is 0 Å². The third-order valence-electron chi connectivity index (χ3n) is 1.75. The van der Waals surface area contributed by atoms with Gasteiger partial charge in [0.1, 0.15) is 0 Å². The van der Waals surface area contributed by atoms with Crippen LogP contribution in [0.15, 0.2) is 0 Å². The van der Waals surface area contributed by atoms with Crippen LogP contribution in [0, 0.1) is 0 Å². The molecule has 0 aromatic heterocycles. The van der Waals surface area contributed by atoms with Gasteiger partial charge in [0.2, 0.25) is 10.0 Å². The molecule has 1 saturated carbocycles. The van der Waals surface area contributed by atoms with Crippen molar-refractivity contribution in [3.05, 3.63) is 0 Å². The van der Waals surface area contributed by atoms with Gasteiger partial charge < -0.3 is 5.11 Å². The number of rotatable bonds is 3. The van der Waals surface area contributed by atoms with E-state index < -0.39 is 21.2 Å². The van der Waals surface area contributed by atoms with Gasteiger partial charge >= 0.3 is 0 Å². The van der Waals surface area contributed by atoms with Crippen molar-refractivity contribution in [2.45, 2.75) is 44.8 Å². The van der Waals surface area contributed by atoms with E-state index >= 15 is 0 Å². The van der Waals surface area contributed by atoms with E-state index in [1.54, 1.807) is 20.8 Å². The van der Waals surface area contributed by atoms with Crippen molar-refractivity contribution in [1.82, 2.24) is 4.72 Å².